The van der Waals surface area contributed by atoms with Gasteiger partial charge in [0, 0.05) is 16.6 Å². The highest BCUT2D eigenvalue weighted by atomic mass is 16.5. The van der Waals surface area contributed by atoms with Gasteiger partial charge in [-0.1, -0.05) is 42.0 Å². The summed E-state index contributed by atoms with van der Waals surface area (Å²) in [6, 6.07) is 22.4. The Kier molecular flexibility index (Phi) is 6.22. The molecule has 1 amide bonds. The van der Waals surface area contributed by atoms with Crippen LogP contribution in [-0.4, -0.2) is 23.0 Å². The third kappa shape index (κ3) is 4.93. The number of esters is 1. The Morgan fingerprint density at radius 3 is 2.27 bits per heavy atom. The molecule has 5 heteroatoms. The van der Waals surface area contributed by atoms with Crippen LogP contribution < -0.4 is 5.32 Å². The molecule has 0 fully saturated rings. The number of fused-ring (bicyclic) bond motifs is 1. The third-order valence-corrected chi connectivity index (χ3v) is 5.28. The molecule has 33 heavy (non-hydrogen) atoms. The molecule has 166 valence electrons. The molecule has 4 rings (SSSR count). The van der Waals surface area contributed by atoms with Crippen molar-refractivity contribution in [3.05, 3.63) is 95.1 Å². The first-order valence-electron chi connectivity index (χ1n) is 10.9. The van der Waals surface area contributed by atoms with Gasteiger partial charge in [0.05, 0.1) is 28.4 Å². The molecule has 4 aromatic rings. The van der Waals surface area contributed by atoms with Gasteiger partial charge in [-0.05, 0) is 69.7 Å². The smallest absolute Gasteiger partial charge is 0.338 e. The molecule has 1 heterocycles. The lowest BCUT2D eigenvalue weighted by Gasteiger charge is -2.13. The largest absolute Gasteiger partial charge is 0.459 e. The van der Waals surface area contributed by atoms with Gasteiger partial charge in [-0.3, -0.25) is 4.79 Å². The van der Waals surface area contributed by atoms with Crippen LogP contribution in [0.15, 0.2) is 72.8 Å². The predicted molar refractivity (Wildman–Crippen MR) is 132 cm³/mol. The van der Waals surface area contributed by atoms with Crippen molar-refractivity contribution in [3.63, 3.8) is 0 Å². The van der Waals surface area contributed by atoms with Crippen molar-refractivity contribution in [2.45, 2.75) is 33.8 Å². The highest BCUT2D eigenvalue weighted by Gasteiger charge is 2.17. The minimum Gasteiger partial charge on any atom is -0.459 e. The molecule has 0 aliphatic heterocycles. The van der Waals surface area contributed by atoms with E-state index in [9.17, 15) is 9.59 Å². The number of nitrogens with zero attached hydrogens (tertiary/aromatic N) is 1. The van der Waals surface area contributed by atoms with Crippen LogP contribution in [0.3, 0.4) is 0 Å². The van der Waals surface area contributed by atoms with Crippen LogP contribution in [0.2, 0.25) is 0 Å². The van der Waals surface area contributed by atoms with Gasteiger partial charge in [-0.2, -0.15) is 0 Å². The van der Waals surface area contributed by atoms with E-state index in [1.165, 1.54) is 0 Å². The fraction of sp³-hybridized carbons (Fsp3) is 0.179. The van der Waals surface area contributed by atoms with E-state index in [0.717, 1.165) is 33.3 Å². The van der Waals surface area contributed by atoms with E-state index in [1.807, 2.05) is 56.3 Å². The number of ether oxygens (including phenoxy) is 1. The van der Waals surface area contributed by atoms with Gasteiger partial charge in [0.1, 0.15) is 0 Å². The van der Waals surface area contributed by atoms with Crippen molar-refractivity contribution in [2.24, 2.45) is 0 Å². The number of amides is 1. The Morgan fingerprint density at radius 1 is 0.909 bits per heavy atom. The van der Waals surface area contributed by atoms with Crippen molar-refractivity contribution in [1.82, 2.24) is 4.98 Å². The number of hydrogen-bond acceptors (Lipinski definition) is 4. The first-order valence-corrected chi connectivity index (χ1v) is 10.9. The van der Waals surface area contributed by atoms with E-state index in [1.54, 1.807) is 38.1 Å². The summed E-state index contributed by atoms with van der Waals surface area (Å²) in [5, 5.41) is 3.76. The zero-order valence-corrected chi connectivity index (χ0v) is 19.2. The minimum atomic E-state index is -0.388. The number of nitrogens with one attached hydrogen (secondary N) is 1. The van der Waals surface area contributed by atoms with Crippen molar-refractivity contribution >= 4 is 28.5 Å². The summed E-state index contributed by atoms with van der Waals surface area (Å²) in [6.45, 7) is 7.62. The van der Waals surface area contributed by atoms with Crippen LogP contribution in [0.5, 0.6) is 0 Å². The molecule has 0 saturated carbocycles. The lowest BCUT2D eigenvalue weighted by atomic mass is 9.99. The molecule has 0 atom stereocenters. The second-order valence-corrected chi connectivity index (χ2v) is 8.38. The number of benzene rings is 3. The Hall–Kier alpha value is -3.99. The van der Waals surface area contributed by atoms with E-state index in [0.29, 0.717) is 16.8 Å². The molecular weight excluding hydrogens is 412 g/mol. The molecule has 0 aliphatic carbocycles. The number of pyridine rings is 1. The Morgan fingerprint density at radius 2 is 1.61 bits per heavy atom. The fourth-order valence-electron chi connectivity index (χ4n) is 3.80. The van der Waals surface area contributed by atoms with Crippen molar-refractivity contribution in [3.8, 4) is 11.3 Å². The molecule has 1 N–H and O–H groups in total. The van der Waals surface area contributed by atoms with E-state index in [2.05, 4.69) is 11.4 Å². The summed E-state index contributed by atoms with van der Waals surface area (Å²) in [4.78, 5) is 30.3. The number of anilines is 1. The number of aryl methyl sites for hydroxylation is 2. The SMILES string of the molecule is Cc1cc(C)c2nc(-c3ccccc3)cc(C(=O)Nc3ccc(C(=O)OC(C)C)cc3)c2c1. The Balaban J connectivity index is 1.71. The number of rotatable bonds is 5. The van der Waals surface area contributed by atoms with Crippen molar-refractivity contribution in [2.75, 3.05) is 5.32 Å². The van der Waals surface area contributed by atoms with Gasteiger partial charge < -0.3 is 10.1 Å². The van der Waals surface area contributed by atoms with Crippen LogP contribution in [0.25, 0.3) is 22.2 Å². The molecule has 0 unspecified atom stereocenters. The monoisotopic (exact) mass is 438 g/mol. The summed E-state index contributed by atoms with van der Waals surface area (Å²) in [5.74, 6) is -0.622. The fourth-order valence-corrected chi connectivity index (χ4v) is 3.80. The van der Waals surface area contributed by atoms with E-state index in [-0.39, 0.29) is 18.0 Å². The van der Waals surface area contributed by atoms with Crippen LogP contribution in [0, 0.1) is 13.8 Å². The number of aromatic nitrogens is 1. The molecule has 0 bridgehead atoms. The first kappa shape index (κ1) is 22.2. The zero-order chi connectivity index (χ0) is 23.5. The van der Waals surface area contributed by atoms with Crippen molar-refractivity contribution in [1.29, 1.82) is 0 Å². The molecule has 0 saturated heterocycles. The maximum absolute atomic E-state index is 13.4. The zero-order valence-electron chi connectivity index (χ0n) is 19.2. The number of hydrogen-bond donors (Lipinski definition) is 1. The van der Waals surface area contributed by atoms with E-state index in [4.69, 9.17) is 9.72 Å². The Labute approximate surface area is 193 Å². The lowest BCUT2D eigenvalue weighted by Crippen LogP contribution is -2.14. The summed E-state index contributed by atoms with van der Waals surface area (Å²) < 4.78 is 5.22. The van der Waals surface area contributed by atoms with E-state index >= 15 is 0 Å². The van der Waals surface area contributed by atoms with Gasteiger partial charge in [0.25, 0.3) is 5.91 Å². The molecular formula is C28H26N2O3. The van der Waals surface area contributed by atoms with Crippen LogP contribution in [-0.2, 0) is 4.74 Å². The van der Waals surface area contributed by atoms with Gasteiger partial charge in [0.2, 0.25) is 0 Å². The number of carbonyl (C=O) groups excluding carboxylic acids is 2. The van der Waals surface area contributed by atoms with Crippen LogP contribution in [0.4, 0.5) is 5.69 Å². The second kappa shape index (κ2) is 9.25. The summed E-state index contributed by atoms with van der Waals surface area (Å²) in [5.41, 5.74) is 6.16. The summed E-state index contributed by atoms with van der Waals surface area (Å²) >= 11 is 0. The van der Waals surface area contributed by atoms with Gasteiger partial charge in [0.15, 0.2) is 0 Å². The summed E-state index contributed by atoms with van der Waals surface area (Å²) in [6.07, 6.45) is -0.192. The summed E-state index contributed by atoms with van der Waals surface area (Å²) in [7, 11) is 0. The average Bonchev–Trinajstić information content (AvgIpc) is 2.79. The Bertz CT molecular complexity index is 1330. The van der Waals surface area contributed by atoms with Gasteiger partial charge in [-0.25, -0.2) is 9.78 Å². The minimum absolute atomic E-state index is 0.192. The van der Waals surface area contributed by atoms with Crippen molar-refractivity contribution < 1.29 is 14.3 Å². The molecule has 5 nitrogen and oxygen atoms in total. The molecule has 0 aliphatic rings. The predicted octanol–water partition coefficient (Wildman–Crippen LogP) is 6.34. The van der Waals surface area contributed by atoms with Gasteiger partial charge in [-0.15, -0.1) is 0 Å². The highest BCUT2D eigenvalue weighted by Crippen LogP contribution is 2.28. The van der Waals surface area contributed by atoms with Crippen LogP contribution >= 0.6 is 0 Å². The lowest BCUT2D eigenvalue weighted by molar-refractivity contribution is 0.0378. The third-order valence-electron chi connectivity index (χ3n) is 5.28. The topological polar surface area (TPSA) is 68.3 Å². The maximum atomic E-state index is 13.4. The molecule has 0 spiro atoms. The standard InChI is InChI=1S/C28H26N2O3/c1-17(2)33-28(32)21-10-12-22(13-11-21)29-27(31)24-16-25(20-8-6-5-7-9-20)30-26-19(4)14-18(3)15-23(24)26/h5-17H,1-4H3,(H,29,31). The average molecular weight is 439 g/mol. The quantitative estimate of drug-likeness (QED) is 0.369. The molecule has 3 aromatic carbocycles. The highest BCUT2D eigenvalue weighted by molar-refractivity contribution is 6.13. The maximum Gasteiger partial charge on any atom is 0.338 e. The van der Waals surface area contributed by atoms with Crippen LogP contribution in [0.1, 0.15) is 45.7 Å². The van der Waals surface area contributed by atoms with E-state index < -0.39 is 0 Å². The first-order chi connectivity index (χ1) is 15.8. The molecule has 1 aromatic heterocycles. The number of carbonyl (C=O) groups is 2. The van der Waals surface area contributed by atoms with Gasteiger partial charge >= 0.3 is 5.97 Å². The molecule has 0 radical (unpaired) electrons. The normalized spacial score (nSPS) is 10.9. The second-order valence-electron chi connectivity index (χ2n) is 8.38.